The Balaban J connectivity index is 3.99. The van der Waals surface area contributed by atoms with E-state index in [0.29, 0.717) is 6.42 Å². The molecule has 9 heavy (non-hydrogen) atoms. The number of ketones is 1. The molecule has 0 unspecified atom stereocenters. The highest BCUT2D eigenvalue weighted by atomic mass is 16.4. The first kappa shape index (κ1) is 8.14. The minimum absolute atomic E-state index is 0.273. The molecule has 0 aromatic rings. The van der Waals surface area contributed by atoms with E-state index in [1.807, 2.05) is 0 Å². The summed E-state index contributed by atoms with van der Waals surface area (Å²) in [7, 11) is 0. The van der Waals surface area contributed by atoms with Crippen LogP contribution in [-0.2, 0) is 9.59 Å². The van der Waals surface area contributed by atoms with Crippen molar-refractivity contribution in [3.05, 3.63) is 0 Å². The Morgan fingerprint density at radius 1 is 1.56 bits per heavy atom. The van der Waals surface area contributed by atoms with E-state index in [-0.39, 0.29) is 5.78 Å². The maximum Gasteiger partial charge on any atom is 0.314 e. The van der Waals surface area contributed by atoms with Gasteiger partial charge >= 0.3 is 5.97 Å². The average molecular weight is 130 g/mol. The fourth-order valence-electron chi connectivity index (χ4n) is 0.636. The zero-order valence-corrected chi connectivity index (χ0v) is 5.55. The molecule has 0 rings (SSSR count). The van der Waals surface area contributed by atoms with Gasteiger partial charge in [0, 0.05) is 0 Å². The molecule has 0 saturated heterocycles. The first-order chi connectivity index (χ1) is 4.09. The first-order valence-electron chi connectivity index (χ1n) is 2.82. The van der Waals surface area contributed by atoms with Crippen molar-refractivity contribution in [3.63, 3.8) is 0 Å². The number of Topliss-reactive ketones (excluding diaryl/α,β-unsaturated/α-hetero) is 1. The highest BCUT2D eigenvalue weighted by Crippen LogP contribution is 2.02. The fourth-order valence-corrected chi connectivity index (χ4v) is 0.636. The second kappa shape index (κ2) is 3.22. The Kier molecular flexibility index (Phi) is 2.91. The number of rotatable bonds is 3. The van der Waals surface area contributed by atoms with Crippen LogP contribution in [0.3, 0.4) is 0 Å². The Hall–Kier alpha value is -0.860. The molecule has 3 nitrogen and oxygen atoms in total. The molecule has 0 saturated carbocycles. The summed E-state index contributed by atoms with van der Waals surface area (Å²) < 4.78 is 0. The lowest BCUT2D eigenvalue weighted by atomic mass is 10.0. The van der Waals surface area contributed by atoms with E-state index >= 15 is 0 Å². The van der Waals surface area contributed by atoms with Crippen LogP contribution in [0.4, 0.5) is 0 Å². The molecule has 52 valence electrons. The van der Waals surface area contributed by atoms with Crippen molar-refractivity contribution < 1.29 is 14.7 Å². The molecule has 0 aliphatic rings. The summed E-state index contributed by atoms with van der Waals surface area (Å²) in [5.41, 5.74) is 0. The summed E-state index contributed by atoms with van der Waals surface area (Å²) in [5.74, 6) is -2.10. The van der Waals surface area contributed by atoms with Crippen LogP contribution in [0.2, 0.25) is 0 Å². The molecule has 0 aliphatic heterocycles. The van der Waals surface area contributed by atoms with Crippen molar-refractivity contribution >= 4 is 11.8 Å². The van der Waals surface area contributed by atoms with Gasteiger partial charge in [-0.1, -0.05) is 6.92 Å². The minimum Gasteiger partial charge on any atom is -0.481 e. The SMILES string of the molecule is CC[C@H](C(C)=O)C(=O)O. The van der Waals surface area contributed by atoms with Gasteiger partial charge in [0.15, 0.2) is 0 Å². The summed E-state index contributed by atoms with van der Waals surface area (Å²) in [6.45, 7) is 2.97. The molecule has 3 heteroatoms. The Labute approximate surface area is 53.7 Å². The Bertz CT molecular complexity index is 114. The molecule has 0 fully saturated rings. The van der Waals surface area contributed by atoms with Crippen molar-refractivity contribution in [1.29, 1.82) is 0 Å². The van der Waals surface area contributed by atoms with Crippen LogP contribution in [0.15, 0.2) is 0 Å². The number of hydrogen-bond donors (Lipinski definition) is 1. The molecule has 0 aromatic carbocycles. The molecule has 0 amide bonds. The number of aliphatic carboxylic acids is 1. The summed E-state index contributed by atoms with van der Waals surface area (Å²) in [6, 6.07) is 0. The lowest BCUT2D eigenvalue weighted by Crippen LogP contribution is -2.19. The zero-order valence-electron chi connectivity index (χ0n) is 5.55. The van der Waals surface area contributed by atoms with Gasteiger partial charge in [0.1, 0.15) is 11.7 Å². The number of hydrogen-bond acceptors (Lipinski definition) is 2. The van der Waals surface area contributed by atoms with Gasteiger partial charge < -0.3 is 5.11 Å². The molecule has 0 bridgehead atoms. The summed E-state index contributed by atoms with van der Waals surface area (Å²) in [6.07, 6.45) is 0.380. The zero-order chi connectivity index (χ0) is 7.44. The van der Waals surface area contributed by atoms with Crippen molar-refractivity contribution in [2.75, 3.05) is 0 Å². The predicted octanol–water partition coefficient (Wildman–Crippen LogP) is 0.686. The van der Waals surface area contributed by atoms with Gasteiger partial charge in [-0.3, -0.25) is 9.59 Å². The molecule has 0 spiro atoms. The molecule has 0 radical (unpaired) electrons. The van der Waals surface area contributed by atoms with Crippen LogP contribution >= 0.6 is 0 Å². The van der Waals surface area contributed by atoms with Crippen LogP contribution in [0.25, 0.3) is 0 Å². The fraction of sp³-hybridized carbons (Fsp3) is 0.667. The second-order valence-electron chi connectivity index (χ2n) is 1.91. The van der Waals surface area contributed by atoms with E-state index < -0.39 is 11.9 Å². The van der Waals surface area contributed by atoms with Gasteiger partial charge in [0.05, 0.1) is 0 Å². The Morgan fingerprint density at radius 2 is 2.00 bits per heavy atom. The third kappa shape index (κ3) is 2.26. The Morgan fingerprint density at radius 3 is 2.00 bits per heavy atom. The maximum absolute atomic E-state index is 10.4. The maximum atomic E-state index is 10.4. The van der Waals surface area contributed by atoms with E-state index in [4.69, 9.17) is 5.11 Å². The quantitative estimate of drug-likeness (QED) is 0.572. The molecule has 1 atom stereocenters. The van der Waals surface area contributed by atoms with E-state index in [1.165, 1.54) is 6.92 Å². The normalized spacial score (nSPS) is 12.7. The smallest absolute Gasteiger partial charge is 0.314 e. The summed E-state index contributed by atoms with van der Waals surface area (Å²) in [4.78, 5) is 20.6. The molecule has 0 heterocycles. The van der Waals surface area contributed by atoms with Crippen LogP contribution in [0.1, 0.15) is 20.3 Å². The third-order valence-corrected chi connectivity index (χ3v) is 1.20. The lowest BCUT2D eigenvalue weighted by Gasteiger charge is -2.01. The topological polar surface area (TPSA) is 54.4 Å². The van der Waals surface area contributed by atoms with Crippen LogP contribution in [-0.4, -0.2) is 16.9 Å². The van der Waals surface area contributed by atoms with Gasteiger partial charge in [0.25, 0.3) is 0 Å². The lowest BCUT2D eigenvalue weighted by molar-refractivity contribution is -0.145. The number of carbonyl (C=O) groups excluding carboxylic acids is 1. The molecular formula is C6H10O3. The van der Waals surface area contributed by atoms with Crippen molar-refractivity contribution in [3.8, 4) is 0 Å². The highest BCUT2D eigenvalue weighted by molar-refractivity contribution is 5.96. The highest BCUT2D eigenvalue weighted by Gasteiger charge is 2.19. The van der Waals surface area contributed by atoms with E-state index in [2.05, 4.69) is 0 Å². The van der Waals surface area contributed by atoms with E-state index in [9.17, 15) is 9.59 Å². The average Bonchev–Trinajstić information content (AvgIpc) is 1.64. The molecule has 1 N–H and O–H groups in total. The van der Waals surface area contributed by atoms with Crippen LogP contribution in [0.5, 0.6) is 0 Å². The van der Waals surface area contributed by atoms with Gasteiger partial charge in [0.2, 0.25) is 0 Å². The van der Waals surface area contributed by atoms with Crippen molar-refractivity contribution in [1.82, 2.24) is 0 Å². The summed E-state index contributed by atoms with van der Waals surface area (Å²) >= 11 is 0. The molecule has 0 aliphatic carbocycles. The van der Waals surface area contributed by atoms with E-state index in [1.54, 1.807) is 6.92 Å². The first-order valence-corrected chi connectivity index (χ1v) is 2.82. The van der Waals surface area contributed by atoms with Crippen LogP contribution < -0.4 is 0 Å². The predicted molar refractivity (Wildman–Crippen MR) is 32.1 cm³/mol. The van der Waals surface area contributed by atoms with Crippen molar-refractivity contribution in [2.24, 2.45) is 5.92 Å². The minimum atomic E-state index is -1.02. The number of carbonyl (C=O) groups is 2. The number of carboxylic acids is 1. The van der Waals surface area contributed by atoms with Gasteiger partial charge in [-0.25, -0.2) is 0 Å². The molecular weight excluding hydrogens is 120 g/mol. The van der Waals surface area contributed by atoms with Gasteiger partial charge in [-0.05, 0) is 13.3 Å². The number of carboxylic acid groups (broad SMARTS) is 1. The van der Waals surface area contributed by atoms with Crippen molar-refractivity contribution in [2.45, 2.75) is 20.3 Å². The van der Waals surface area contributed by atoms with Gasteiger partial charge in [-0.15, -0.1) is 0 Å². The molecule has 0 aromatic heterocycles. The van der Waals surface area contributed by atoms with Crippen LogP contribution in [0, 0.1) is 5.92 Å². The van der Waals surface area contributed by atoms with E-state index in [0.717, 1.165) is 0 Å². The monoisotopic (exact) mass is 130 g/mol. The summed E-state index contributed by atoms with van der Waals surface area (Å²) in [5, 5.41) is 8.32. The van der Waals surface area contributed by atoms with Gasteiger partial charge in [-0.2, -0.15) is 0 Å². The largest absolute Gasteiger partial charge is 0.481 e. The second-order valence-corrected chi connectivity index (χ2v) is 1.91. The third-order valence-electron chi connectivity index (χ3n) is 1.20. The standard InChI is InChI=1S/C6H10O3/c1-3-5(4(2)7)6(8)9/h5H,3H2,1-2H3,(H,8,9)/t5-/m1/s1.